The van der Waals surface area contributed by atoms with Crippen molar-refractivity contribution in [1.29, 1.82) is 0 Å². The molecule has 1 fully saturated rings. The normalized spacial score (nSPS) is 16.7. The van der Waals surface area contributed by atoms with Gasteiger partial charge in [-0.1, -0.05) is 6.07 Å². The fourth-order valence-corrected chi connectivity index (χ4v) is 5.14. The van der Waals surface area contributed by atoms with Gasteiger partial charge in [0.05, 0.1) is 29.8 Å². The highest BCUT2D eigenvalue weighted by molar-refractivity contribution is 5.82. The lowest BCUT2D eigenvalue weighted by Gasteiger charge is -2.22. The maximum atomic E-state index is 12.7. The Morgan fingerprint density at radius 1 is 1.24 bits per heavy atom. The van der Waals surface area contributed by atoms with Gasteiger partial charge in [0.15, 0.2) is 0 Å². The van der Waals surface area contributed by atoms with E-state index < -0.39 is 18.1 Å². The van der Waals surface area contributed by atoms with Crippen LogP contribution < -0.4 is 10.9 Å². The van der Waals surface area contributed by atoms with Crippen molar-refractivity contribution >= 4 is 17.0 Å². The minimum absolute atomic E-state index is 0.0106. The second-order valence-electron chi connectivity index (χ2n) is 10.2. The van der Waals surface area contributed by atoms with Crippen molar-refractivity contribution in [2.75, 3.05) is 13.7 Å². The lowest BCUT2D eigenvalue weighted by atomic mass is 10.1. The summed E-state index contributed by atoms with van der Waals surface area (Å²) in [6.07, 6.45) is 4.78. The lowest BCUT2D eigenvalue weighted by molar-refractivity contribution is -0.154. The monoisotopic (exact) mass is 510 g/mol. The van der Waals surface area contributed by atoms with E-state index in [9.17, 15) is 14.7 Å². The average Bonchev–Trinajstić information content (AvgIpc) is 3.49. The first-order valence-electron chi connectivity index (χ1n) is 13.0. The quantitative estimate of drug-likeness (QED) is 0.403. The lowest BCUT2D eigenvalue weighted by Crippen LogP contribution is -2.46. The molecule has 1 aliphatic rings. The van der Waals surface area contributed by atoms with Gasteiger partial charge < -0.3 is 23.7 Å². The highest BCUT2D eigenvalue weighted by Crippen LogP contribution is 2.29. The van der Waals surface area contributed by atoms with Crippen LogP contribution in [0, 0.1) is 6.92 Å². The number of ether oxygens (including phenoxy) is 2. The Kier molecular flexibility index (Phi) is 8.46. The summed E-state index contributed by atoms with van der Waals surface area (Å²) in [7, 11) is 3.41. The van der Waals surface area contributed by atoms with Gasteiger partial charge in [0.1, 0.15) is 18.0 Å². The summed E-state index contributed by atoms with van der Waals surface area (Å²) in [6.45, 7) is 6.35. The Labute approximate surface area is 217 Å². The molecule has 1 aliphatic carbocycles. The molecule has 3 aromatic rings. The molecular weight excluding hydrogens is 472 g/mol. The van der Waals surface area contributed by atoms with Crippen molar-refractivity contribution in [1.82, 2.24) is 19.4 Å². The highest BCUT2D eigenvalue weighted by Gasteiger charge is 2.28. The number of aryl methyl sites for hydroxylation is 2. The van der Waals surface area contributed by atoms with Crippen molar-refractivity contribution in [3.05, 3.63) is 51.9 Å². The van der Waals surface area contributed by atoms with E-state index in [1.165, 1.54) is 0 Å². The molecule has 0 bridgehead atoms. The Hall–Kier alpha value is -3.01. The van der Waals surface area contributed by atoms with Crippen LogP contribution >= 0.6 is 0 Å². The largest absolute Gasteiger partial charge is 0.461 e. The fourth-order valence-electron chi connectivity index (χ4n) is 5.14. The molecule has 0 amide bonds. The third-order valence-electron chi connectivity index (χ3n) is 7.07. The molecule has 3 atom stereocenters. The Balaban J connectivity index is 1.62. The molecule has 2 N–H and O–H groups in total. The Morgan fingerprint density at radius 2 is 1.97 bits per heavy atom. The number of carbonyl (C=O) groups is 1. The van der Waals surface area contributed by atoms with Gasteiger partial charge in [-0.15, -0.1) is 0 Å². The number of aliphatic hydroxyl groups excluding tert-OH is 1. The van der Waals surface area contributed by atoms with Crippen LogP contribution in [0.15, 0.2) is 35.3 Å². The van der Waals surface area contributed by atoms with Crippen LogP contribution in [0.5, 0.6) is 0 Å². The molecule has 0 radical (unpaired) electrons. The van der Waals surface area contributed by atoms with Crippen molar-refractivity contribution in [2.45, 2.75) is 77.3 Å². The highest BCUT2D eigenvalue weighted by atomic mass is 16.5. The van der Waals surface area contributed by atoms with Gasteiger partial charge >= 0.3 is 5.97 Å². The molecule has 37 heavy (non-hydrogen) atoms. The summed E-state index contributed by atoms with van der Waals surface area (Å²) < 4.78 is 14.8. The van der Waals surface area contributed by atoms with Gasteiger partial charge in [0.25, 0.3) is 5.56 Å². The van der Waals surface area contributed by atoms with Gasteiger partial charge in [-0.3, -0.25) is 14.9 Å². The van der Waals surface area contributed by atoms with Gasteiger partial charge in [-0.25, -0.2) is 4.98 Å². The van der Waals surface area contributed by atoms with E-state index in [0.29, 0.717) is 18.7 Å². The number of benzene rings is 1. The van der Waals surface area contributed by atoms with Gasteiger partial charge in [0, 0.05) is 38.0 Å². The molecule has 0 saturated heterocycles. The summed E-state index contributed by atoms with van der Waals surface area (Å²) in [6, 6.07) is 7.06. The predicted octanol–water partition coefficient (Wildman–Crippen LogP) is 3.24. The van der Waals surface area contributed by atoms with E-state index in [2.05, 4.69) is 16.8 Å². The number of carbonyl (C=O) groups excluding carboxylic acids is 1. The van der Waals surface area contributed by atoms with E-state index in [0.717, 1.165) is 53.7 Å². The van der Waals surface area contributed by atoms with Crippen LogP contribution in [0.1, 0.15) is 56.7 Å². The van der Waals surface area contributed by atoms with Crippen molar-refractivity contribution in [2.24, 2.45) is 7.05 Å². The number of rotatable bonds is 10. The van der Waals surface area contributed by atoms with Crippen molar-refractivity contribution < 1.29 is 19.4 Å². The summed E-state index contributed by atoms with van der Waals surface area (Å²) >= 11 is 0. The van der Waals surface area contributed by atoms with E-state index in [-0.39, 0.29) is 17.7 Å². The summed E-state index contributed by atoms with van der Waals surface area (Å²) in [5.41, 5.74) is 4.13. The van der Waals surface area contributed by atoms with Crippen LogP contribution in [-0.4, -0.2) is 57.2 Å². The molecule has 2 aromatic heterocycles. The topological polar surface area (TPSA) is 108 Å². The zero-order chi connectivity index (χ0) is 26.7. The maximum absolute atomic E-state index is 12.7. The minimum Gasteiger partial charge on any atom is -0.461 e. The number of esters is 1. The number of nitrogens with zero attached hydrogens (tertiary/aromatic N) is 3. The number of pyridine rings is 1. The minimum atomic E-state index is -0.883. The van der Waals surface area contributed by atoms with Gasteiger partial charge in [0.2, 0.25) is 0 Å². The zero-order valence-electron chi connectivity index (χ0n) is 22.4. The van der Waals surface area contributed by atoms with Crippen molar-refractivity contribution in [3.63, 3.8) is 0 Å². The number of nitrogens with one attached hydrogen (secondary N) is 1. The molecule has 9 nitrogen and oxygen atoms in total. The van der Waals surface area contributed by atoms with Crippen molar-refractivity contribution in [3.8, 4) is 11.4 Å². The zero-order valence-corrected chi connectivity index (χ0v) is 22.4. The Morgan fingerprint density at radius 3 is 2.62 bits per heavy atom. The number of fused-ring (bicyclic) bond motifs is 1. The van der Waals surface area contributed by atoms with Crippen LogP contribution in [0.25, 0.3) is 22.4 Å². The third kappa shape index (κ3) is 5.95. The second-order valence-corrected chi connectivity index (χ2v) is 10.2. The third-order valence-corrected chi connectivity index (χ3v) is 7.07. The van der Waals surface area contributed by atoms with Crippen LogP contribution in [0.2, 0.25) is 0 Å². The van der Waals surface area contributed by atoms with Crippen LogP contribution in [-0.2, 0) is 27.9 Å². The van der Waals surface area contributed by atoms with Crippen LogP contribution in [0.4, 0.5) is 0 Å². The van der Waals surface area contributed by atoms with E-state index >= 15 is 0 Å². The molecule has 200 valence electrons. The fraction of sp³-hybridized carbons (Fsp3) is 0.536. The standard InChI is InChI=1S/C28H38N4O5/c1-17-12-21(15-31(4)27(17)34)26-30-23-13-20(10-11-24(23)32(26)18(2)16-36-5)14-29-25(19(3)33)28(35)37-22-8-6-7-9-22/h10-13,15,18-19,22,25,29,33H,6-9,14,16H2,1-5H3/t18?,19-,25+/m1/s1. The Bertz CT molecular complexity index is 1280. The van der Waals surface area contributed by atoms with Gasteiger partial charge in [-0.2, -0.15) is 0 Å². The molecule has 9 heteroatoms. The molecule has 1 unspecified atom stereocenters. The molecule has 2 heterocycles. The number of imidazole rings is 1. The first-order valence-corrected chi connectivity index (χ1v) is 13.0. The maximum Gasteiger partial charge on any atom is 0.326 e. The number of aromatic nitrogens is 3. The molecule has 1 aromatic carbocycles. The summed E-state index contributed by atoms with van der Waals surface area (Å²) in [5, 5.41) is 13.4. The second kappa shape index (κ2) is 11.6. The molecule has 1 saturated carbocycles. The predicted molar refractivity (Wildman–Crippen MR) is 142 cm³/mol. The van der Waals surface area contributed by atoms with Crippen LogP contribution in [0.3, 0.4) is 0 Å². The summed E-state index contributed by atoms with van der Waals surface area (Å²) in [4.78, 5) is 29.9. The summed E-state index contributed by atoms with van der Waals surface area (Å²) in [5.74, 6) is 0.346. The average molecular weight is 511 g/mol. The first kappa shape index (κ1) is 27.0. The molecule has 4 rings (SSSR count). The molecular formula is C28H38N4O5. The number of hydrogen-bond acceptors (Lipinski definition) is 7. The molecule has 0 aliphatic heterocycles. The molecule has 0 spiro atoms. The SMILES string of the molecule is COCC(C)n1c(-c2cc(C)c(=O)n(C)c2)nc2cc(CN[C@H](C(=O)OC3CCCC3)[C@@H](C)O)ccc21. The van der Waals surface area contributed by atoms with E-state index in [1.54, 1.807) is 38.8 Å². The number of aliphatic hydroxyl groups is 1. The van der Waals surface area contributed by atoms with E-state index in [1.807, 2.05) is 24.3 Å². The van der Waals surface area contributed by atoms with E-state index in [4.69, 9.17) is 14.5 Å². The first-order chi connectivity index (χ1) is 17.7. The number of methoxy groups -OCH3 is 1. The van der Waals surface area contributed by atoms with Gasteiger partial charge in [-0.05, 0) is 70.2 Å². The number of hydrogen-bond donors (Lipinski definition) is 2. The smallest absolute Gasteiger partial charge is 0.326 e.